The van der Waals surface area contributed by atoms with Gasteiger partial charge in [0.05, 0.1) is 6.61 Å². The number of aliphatic hydroxyl groups is 1. The lowest BCUT2D eigenvalue weighted by Gasteiger charge is -2.26. The quantitative estimate of drug-likeness (QED) is 0.798. The summed E-state index contributed by atoms with van der Waals surface area (Å²) in [5.74, 6) is -1.27. The van der Waals surface area contributed by atoms with Gasteiger partial charge in [0.15, 0.2) is 0 Å². The lowest BCUT2D eigenvalue weighted by Crippen LogP contribution is -2.51. The normalized spacial score (nSPS) is 11.6. The predicted octanol–water partition coefficient (Wildman–Crippen LogP) is 1.17. The molecule has 0 bridgehead atoms. The molecule has 2 aromatic rings. The number of alkyl halides is 1. The number of aromatic nitrogens is 1. The van der Waals surface area contributed by atoms with Gasteiger partial charge in [-0.25, -0.2) is 4.39 Å². The van der Waals surface area contributed by atoms with E-state index in [1.165, 1.54) is 17.2 Å². The average Bonchev–Trinajstić information content (AvgIpc) is 2.65. The zero-order valence-electron chi connectivity index (χ0n) is 12.9. The van der Waals surface area contributed by atoms with Gasteiger partial charge in [-0.2, -0.15) is 0 Å². The largest absolute Gasteiger partial charge is 0.395 e. The summed E-state index contributed by atoms with van der Waals surface area (Å²) in [5, 5.41) is 11.5. The van der Waals surface area contributed by atoms with Crippen molar-refractivity contribution in [2.45, 2.75) is 6.04 Å². The smallest absolute Gasteiger partial charge is 0.270 e. The van der Waals surface area contributed by atoms with E-state index in [0.717, 1.165) is 0 Å². The summed E-state index contributed by atoms with van der Waals surface area (Å²) in [4.78, 5) is 29.8. The van der Waals surface area contributed by atoms with Crippen LogP contribution in [0.1, 0.15) is 10.5 Å². The minimum absolute atomic E-state index is 0.00119. The lowest BCUT2D eigenvalue weighted by molar-refractivity contribution is -0.120. The fraction of sp³-hybridized carbons (Fsp3) is 0.235. The number of carbonyl (C=O) groups is 2. The molecule has 2 amide bonds. The number of anilines is 1. The van der Waals surface area contributed by atoms with E-state index < -0.39 is 24.5 Å². The number of hydrogen-bond donors (Lipinski definition) is 2. The third-order valence-corrected chi connectivity index (χ3v) is 3.31. The SMILES string of the molecule is O=C(NC(CF)C(=O)N(CCO)c1ccccc1)c1ccccn1. The van der Waals surface area contributed by atoms with Crippen molar-refractivity contribution in [2.75, 3.05) is 24.7 Å². The molecule has 2 rings (SSSR count). The van der Waals surface area contributed by atoms with Crippen molar-refractivity contribution >= 4 is 17.5 Å². The van der Waals surface area contributed by atoms with Crippen molar-refractivity contribution in [1.82, 2.24) is 10.3 Å². The van der Waals surface area contributed by atoms with E-state index >= 15 is 0 Å². The van der Waals surface area contributed by atoms with Crippen LogP contribution < -0.4 is 10.2 Å². The van der Waals surface area contributed by atoms with Crippen molar-refractivity contribution in [3.05, 3.63) is 60.4 Å². The Labute approximate surface area is 138 Å². The number of nitrogens with zero attached hydrogens (tertiary/aromatic N) is 2. The van der Waals surface area contributed by atoms with Gasteiger partial charge in [0.1, 0.15) is 18.4 Å². The summed E-state index contributed by atoms with van der Waals surface area (Å²) in [6, 6.07) is 12.0. The molecule has 0 aliphatic carbocycles. The van der Waals surface area contributed by atoms with E-state index in [0.29, 0.717) is 5.69 Å². The van der Waals surface area contributed by atoms with Crippen LogP contribution in [0.15, 0.2) is 54.7 Å². The number of halogens is 1. The van der Waals surface area contributed by atoms with Crippen LogP contribution in [0, 0.1) is 0 Å². The molecule has 0 saturated heterocycles. The lowest BCUT2D eigenvalue weighted by atomic mass is 10.2. The van der Waals surface area contributed by atoms with Gasteiger partial charge in [0.2, 0.25) is 0 Å². The number of nitrogens with one attached hydrogen (secondary N) is 1. The molecule has 1 unspecified atom stereocenters. The Kier molecular flexibility index (Phi) is 6.39. The molecule has 126 valence electrons. The molecule has 0 aliphatic heterocycles. The van der Waals surface area contributed by atoms with Crippen LogP contribution in [0.2, 0.25) is 0 Å². The third kappa shape index (κ3) is 4.36. The van der Waals surface area contributed by atoms with Gasteiger partial charge >= 0.3 is 0 Å². The Hall–Kier alpha value is -2.80. The van der Waals surface area contributed by atoms with Crippen molar-refractivity contribution in [3.63, 3.8) is 0 Å². The third-order valence-electron chi connectivity index (χ3n) is 3.31. The number of pyridine rings is 1. The van der Waals surface area contributed by atoms with E-state index in [1.54, 1.807) is 42.5 Å². The molecule has 24 heavy (non-hydrogen) atoms. The number of amides is 2. The molecular weight excluding hydrogens is 313 g/mol. The van der Waals surface area contributed by atoms with E-state index in [1.807, 2.05) is 0 Å². The molecule has 0 saturated carbocycles. The Bertz CT molecular complexity index is 667. The number of rotatable bonds is 7. The van der Waals surface area contributed by atoms with E-state index in [4.69, 9.17) is 0 Å². The van der Waals surface area contributed by atoms with E-state index in [2.05, 4.69) is 10.3 Å². The topological polar surface area (TPSA) is 82.5 Å². The highest BCUT2D eigenvalue weighted by atomic mass is 19.1. The van der Waals surface area contributed by atoms with Crippen molar-refractivity contribution < 1.29 is 19.1 Å². The summed E-state index contributed by atoms with van der Waals surface area (Å²) in [7, 11) is 0. The Morgan fingerprint density at radius 2 is 1.88 bits per heavy atom. The van der Waals surface area contributed by atoms with Crippen molar-refractivity contribution in [3.8, 4) is 0 Å². The number of carbonyl (C=O) groups excluding carboxylic acids is 2. The first kappa shape index (κ1) is 17.6. The number of aliphatic hydroxyl groups excluding tert-OH is 1. The maximum Gasteiger partial charge on any atom is 0.270 e. The zero-order valence-corrected chi connectivity index (χ0v) is 12.9. The second-order valence-corrected chi connectivity index (χ2v) is 4.94. The second-order valence-electron chi connectivity index (χ2n) is 4.94. The maximum absolute atomic E-state index is 13.4. The first-order chi connectivity index (χ1) is 11.7. The molecule has 1 atom stereocenters. The number of hydrogen-bond acceptors (Lipinski definition) is 4. The van der Waals surface area contributed by atoms with Crippen LogP contribution in [-0.4, -0.2) is 47.8 Å². The molecule has 7 heteroatoms. The monoisotopic (exact) mass is 331 g/mol. The summed E-state index contributed by atoms with van der Waals surface area (Å²) in [5.41, 5.74) is 0.610. The molecule has 6 nitrogen and oxygen atoms in total. The van der Waals surface area contributed by atoms with Crippen LogP contribution in [-0.2, 0) is 4.79 Å². The summed E-state index contributed by atoms with van der Waals surface area (Å²) in [6.07, 6.45) is 1.43. The fourth-order valence-corrected chi connectivity index (χ4v) is 2.16. The molecule has 1 aromatic carbocycles. The highest BCUT2D eigenvalue weighted by Gasteiger charge is 2.27. The van der Waals surface area contributed by atoms with Gasteiger partial charge in [0.25, 0.3) is 11.8 Å². The highest BCUT2D eigenvalue weighted by Crippen LogP contribution is 2.14. The van der Waals surface area contributed by atoms with E-state index in [9.17, 15) is 19.1 Å². The number of benzene rings is 1. The minimum Gasteiger partial charge on any atom is -0.395 e. The molecule has 0 fully saturated rings. The Morgan fingerprint density at radius 3 is 2.46 bits per heavy atom. The maximum atomic E-state index is 13.4. The highest BCUT2D eigenvalue weighted by molar-refractivity contribution is 6.01. The molecule has 1 heterocycles. The average molecular weight is 331 g/mol. The standard InChI is InChI=1S/C17H18FN3O3/c18-12-15(20-16(23)14-8-4-5-9-19-14)17(24)21(10-11-22)13-6-2-1-3-7-13/h1-9,15,22H,10-12H2,(H,20,23). The second kappa shape index (κ2) is 8.73. The first-order valence-corrected chi connectivity index (χ1v) is 7.42. The molecule has 0 radical (unpaired) electrons. The molecular formula is C17H18FN3O3. The van der Waals surface area contributed by atoms with Gasteiger partial charge in [-0.1, -0.05) is 24.3 Å². The zero-order chi connectivity index (χ0) is 17.4. The number of para-hydroxylation sites is 1. The molecule has 2 N–H and O–H groups in total. The Balaban J connectivity index is 2.15. The molecule has 1 aromatic heterocycles. The summed E-state index contributed by atoms with van der Waals surface area (Å²) >= 11 is 0. The van der Waals surface area contributed by atoms with Gasteiger partial charge in [0, 0.05) is 18.4 Å². The van der Waals surface area contributed by atoms with Crippen LogP contribution in [0.3, 0.4) is 0 Å². The van der Waals surface area contributed by atoms with Crippen molar-refractivity contribution in [1.29, 1.82) is 0 Å². The first-order valence-electron chi connectivity index (χ1n) is 7.42. The minimum atomic E-state index is -1.36. The summed E-state index contributed by atoms with van der Waals surface area (Å²) < 4.78 is 13.4. The van der Waals surface area contributed by atoms with Gasteiger partial charge in [-0.05, 0) is 24.3 Å². The van der Waals surface area contributed by atoms with Crippen LogP contribution in [0.5, 0.6) is 0 Å². The van der Waals surface area contributed by atoms with Crippen molar-refractivity contribution in [2.24, 2.45) is 0 Å². The van der Waals surface area contributed by atoms with Gasteiger partial charge in [-0.3, -0.25) is 14.6 Å². The van der Waals surface area contributed by atoms with E-state index in [-0.39, 0.29) is 18.8 Å². The molecule has 0 aliphatic rings. The van der Waals surface area contributed by atoms with Crippen LogP contribution >= 0.6 is 0 Å². The van der Waals surface area contributed by atoms with Crippen LogP contribution in [0.4, 0.5) is 10.1 Å². The van der Waals surface area contributed by atoms with Crippen LogP contribution in [0.25, 0.3) is 0 Å². The molecule has 0 spiro atoms. The predicted molar refractivity (Wildman–Crippen MR) is 87.3 cm³/mol. The fourth-order valence-electron chi connectivity index (χ4n) is 2.16. The Morgan fingerprint density at radius 1 is 1.17 bits per heavy atom. The van der Waals surface area contributed by atoms with Gasteiger partial charge < -0.3 is 15.3 Å². The summed E-state index contributed by atoms with van der Waals surface area (Å²) in [6.45, 7) is -1.35. The van der Waals surface area contributed by atoms with Gasteiger partial charge in [-0.15, -0.1) is 0 Å².